The lowest BCUT2D eigenvalue weighted by Gasteiger charge is -2.17. The summed E-state index contributed by atoms with van der Waals surface area (Å²) < 4.78 is 5.94. The van der Waals surface area contributed by atoms with E-state index in [2.05, 4.69) is 0 Å². The zero-order valence-corrected chi connectivity index (χ0v) is 13.0. The summed E-state index contributed by atoms with van der Waals surface area (Å²) >= 11 is 0. The quantitative estimate of drug-likeness (QED) is 0.340. The van der Waals surface area contributed by atoms with Gasteiger partial charge in [-0.2, -0.15) is 0 Å². The lowest BCUT2D eigenvalue weighted by atomic mass is 9.98. The topological polar surface area (TPSA) is 104 Å². The number of benzene rings is 1. The van der Waals surface area contributed by atoms with Crippen molar-refractivity contribution in [1.29, 1.82) is 5.41 Å². The number of hydrazine groups is 1. The maximum Gasteiger partial charge on any atom is 0.195 e. The van der Waals surface area contributed by atoms with Gasteiger partial charge in [0.2, 0.25) is 0 Å². The second kappa shape index (κ2) is 6.19. The molecule has 0 radical (unpaired) electrons. The molecule has 1 aromatic carbocycles. The van der Waals surface area contributed by atoms with Crippen LogP contribution in [0, 0.1) is 19.3 Å². The van der Waals surface area contributed by atoms with Crippen molar-refractivity contribution in [3.05, 3.63) is 39.2 Å². The van der Waals surface area contributed by atoms with Crippen molar-refractivity contribution < 1.29 is 9.52 Å². The summed E-state index contributed by atoms with van der Waals surface area (Å²) in [6.45, 7) is 5.91. The fourth-order valence-corrected chi connectivity index (χ4v) is 2.50. The van der Waals surface area contributed by atoms with Crippen molar-refractivity contribution in [2.45, 2.75) is 33.1 Å². The molecular formula is C16H21N3O3. The lowest BCUT2D eigenvalue weighted by molar-refractivity contribution is 0.394. The van der Waals surface area contributed by atoms with Gasteiger partial charge in [0.05, 0.1) is 11.7 Å². The molecule has 1 unspecified atom stereocenters. The largest absolute Gasteiger partial charge is 0.508 e. The van der Waals surface area contributed by atoms with E-state index in [-0.39, 0.29) is 17.1 Å². The highest BCUT2D eigenvalue weighted by Gasteiger charge is 2.18. The summed E-state index contributed by atoms with van der Waals surface area (Å²) in [5, 5.41) is 18.6. The Labute approximate surface area is 128 Å². The minimum atomic E-state index is -0.0807. The van der Waals surface area contributed by atoms with Gasteiger partial charge in [0.1, 0.15) is 17.1 Å². The van der Waals surface area contributed by atoms with Gasteiger partial charge in [0.15, 0.2) is 5.43 Å². The first kappa shape index (κ1) is 16.0. The predicted octanol–water partition coefficient (Wildman–Crippen LogP) is 2.39. The molecule has 0 spiro atoms. The van der Waals surface area contributed by atoms with Gasteiger partial charge in [-0.1, -0.05) is 6.92 Å². The summed E-state index contributed by atoms with van der Waals surface area (Å²) in [5.41, 5.74) is 1.48. The molecule has 6 nitrogen and oxygen atoms in total. The SMILES string of the molecule is Cc1c(C(C)CCN(N)C=N)oc2c(C)c(O)ccc2c1=O. The number of nitrogens with one attached hydrogen (secondary N) is 1. The van der Waals surface area contributed by atoms with Gasteiger partial charge < -0.3 is 14.5 Å². The summed E-state index contributed by atoms with van der Waals surface area (Å²) in [4.78, 5) is 12.5. The first-order valence-corrected chi connectivity index (χ1v) is 7.14. The Balaban J connectivity index is 2.50. The van der Waals surface area contributed by atoms with E-state index in [1.807, 2.05) is 6.92 Å². The van der Waals surface area contributed by atoms with E-state index in [4.69, 9.17) is 15.7 Å². The van der Waals surface area contributed by atoms with Gasteiger partial charge in [-0.15, -0.1) is 0 Å². The lowest BCUT2D eigenvalue weighted by Crippen LogP contribution is -2.30. The Bertz CT molecular complexity index is 767. The van der Waals surface area contributed by atoms with Crippen molar-refractivity contribution in [1.82, 2.24) is 5.01 Å². The Morgan fingerprint density at radius 2 is 2.09 bits per heavy atom. The van der Waals surface area contributed by atoms with Crippen molar-refractivity contribution >= 4 is 17.3 Å². The zero-order valence-electron chi connectivity index (χ0n) is 13.0. The van der Waals surface area contributed by atoms with Crippen LogP contribution in [0.1, 0.15) is 36.1 Å². The van der Waals surface area contributed by atoms with Gasteiger partial charge in [-0.3, -0.25) is 10.2 Å². The van der Waals surface area contributed by atoms with Crippen LogP contribution < -0.4 is 11.3 Å². The molecule has 6 heteroatoms. The minimum Gasteiger partial charge on any atom is -0.508 e. The molecule has 0 aliphatic heterocycles. The minimum absolute atomic E-state index is 0.0233. The third-order valence-electron chi connectivity index (χ3n) is 3.98. The van der Waals surface area contributed by atoms with Crippen LogP contribution in [0.25, 0.3) is 11.0 Å². The molecule has 118 valence electrons. The van der Waals surface area contributed by atoms with Gasteiger partial charge in [-0.25, -0.2) is 5.84 Å². The van der Waals surface area contributed by atoms with E-state index >= 15 is 0 Å². The number of phenols is 1. The number of fused-ring (bicyclic) bond motifs is 1. The summed E-state index contributed by atoms with van der Waals surface area (Å²) in [6, 6.07) is 3.09. The van der Waals surface area contributed by atoms with Crippen LogP contribution in [0.5, 0.6) is 5.75 Å². The molecule has 0 aliphatic rings. The average molecular weight is 303 g/mol. The normalized spacial score (nSPS) is 12.4. The zero-order chi connectivity index (χ0) is 16.4. The molecule has 1 heterocycles. The summed E-state index contributed by atoms with van der Waals surface area (Å²) in [7, 11) is 0. The highest BCUT2D eigenvalue weighted by Crippen LogP contribution is 2.29. The summed E-state index contributed by atoms with van der Waals surface area (Å²) in [5.74, 6) is 6.25. The molecule has 0 bridgehead atoms. The van der Waals surface area contributed by atoms with Crippen LogP contribution in [0.3, 0.4) is 0 Å². The third-order valence-corrected chi connectivity index (χ3v) is 3.98. The molecule has 0 saturated carbocycles. The van der Waals surface area contributed by atoms with E-state index in [1.165, 1.54) is 11.1 Å². The van der Waals surface area contributed by atoms with Crippen LogP contribution in [0.4, 0.5) is 0 Å². The van der Waals surface area contributed by atoms with Gasteiger partial charge in [-0.05, 0) is 32.4 Å². The molecule has 2 rings (SSSR count). The number of nitrogens with two attached hydrogens (primary N) is 1. The fourth-order valence-electron chi connectivity index (χ4n) is 2.50. The first-order chi connectivity index (χ1) is 10.4. The smallest absolute Gasteiger partial charge is 0.195 e. The van der Waals surface area contributed by atoms with Gasteiger partial charge >= 0.3 is 0 Å². The second-order valence-corrected chi connectivity index (χ2v) is 5.56. The number of rotatable bonds is 5. The maximum atomic E-state index is 12.5. The third kappa shape index (κ3) is 2.82. The molecule has 2 aromatic rings. The van der Waals surface area contributed by atoms with E-state index in [0.717, 1.165) is 6.34 Å². The van der Waals surface area contributed by atoms with Gasteiger partial charge in [0, 0.05) is 23.6 Å². The molecule has 0 aliphatic carbocycles. The van der Waals surface area contributed by atoms with Crippen molar-refractivity contribution in [2.75, 3.05) is 6.54 Å². The molecule has 22 heavy (non-hydrogen) atoms. The van der Waals surface area contributed by atoms with Crippen molar-refractivity contribution in [3.8, 4) is 5.75 Å². The van der Waals surface area contributed by atoms with Crippen LogP contribution in [-0.2, 0) is 0 Å². The molecule has 0 fully saturated rings. The Kier molecular flexibility index (Phi) is 4.51. The van der Waals surface area contributed by atoms with E-state index in [1.54, 1.807) is 19.9 Å². The standard InChI is InChI=1S/C16H21N3O3/c1-9(6-7-19(18)8-17)15-11(3)14(21)12-4-5-13(20)10(2)16(12)22-15/h4-5,8-9,17,20H,6-7,18H2,1-3H3. The molecule has 0 saturated heterocycles. The number of nitrogens with zero attached hydrogens (tertiary/aromatic N) is 1. The molecule has 1 atom stereocenters. The maximum absolute atomic E-state index is 12.5. The van der Waals surface area contributed by atoms with E-state index in [9.17, 15) is 9.90 Å². The number of hydrogen-bond acceptors (Lipinski definition) is 5. The van der Waals surface area contributed by atoms with E-state index < -0.39 is 0 Å². The molecule has 0 amide bonds. The van der Waals surface area contributed by atoms with Gasteiger partial charge in [0.25, 0.3) is 0 Å². The van der Waals surface area contributed by atoms with Crippen LogP contribution in [0.15, 0.2) is 21.3 Å². The van der Waals surface area contributed by atoms with Crippen molar-refractivity contribution in [3.63, 3.8) is 0 Å². The highest BCUT2D eigenvalue weighted by atomic mass is 16.3. The number of aromatic hydroxyl groups is 1. The van der Waals surface area contributed by atoms with E-state index in [0.29, 0.717) is 40.8 Å². The molecule has 4 N–H and O–H groups in total. The number of aryl methyl sites for hydroxylation is 1. The number of hydrogen-bond donors (Lipinski definition) is 3. The highest BCUT2D eigenvalue weighted by molar-refractivity contribution is 5.82. The Hall–Kier alpha value is -2.34. The predicted molar refractivity (Wildman–Crippen MR) is 86.3 cm³/mol. The molecular weight excluding hydrogens is 282 g/mol. The first-order valence-electron chi connectivity index (χ1n) is 7.14. The second-order valence-electron chi connectivity index (χ2n) is 5.56. The monoisotopic (exact) mass is 303 g/mol. The van der Waals surface area contributed by atoms with Crippen LogP contribution >= 0.6 is 0 Å². The number of phenolic OH excluding ortho intramolecular Hbond substituents is 1. The van der Waals surface area contributed by atoms with Crippen molar-refractivity contribution in [2.24, 2.45) is 5.84 Å². The Morgan fingerprint density at radius 1 is 1.41 bits per heavy atom. The Morgan fingerprint density at radius 3 is 2.73 bits per heavy atom. The van der Waals surface area contributed by atoms with Crippen LogP contribution in [-0.4, -0.2) is 23.0 Å². The average Bonchev–Trinajstić information content (AvgIpc) is 2.51. The summed E-state index contributed by atoms with van der Waals surface area (Å²) in [6.07, 6.45) is 1.71. The molecule has 1 aromatic heterocycles. The van der Waals surface area contributed by atoms with Crippen LogP contribution in [0.2, 0.25) is 0 Å². The fraction of sp³-hybridized carbons (Fsp3) is 0.375.